The average Bonchev–Trinajstić information content (AvgIpc) is 2.59. The van der Waals surface area contributed by atoms with Crippen molar-refractivity contribution in [3.63, 3.8) is 0 Å². The molecule has 30 heavy (non-hydrogen) atoms. The van der Waals surface area contributed by atoms with Crippen molar-refractivity contribution in [2.24, 2.45) is 11.1 Å². The van der Waals surface area contributed by atoms with Crippen molar-refractivity contribution in [2.45, 2.75) is 64.9 Å². The molecule has 1 heterocycles. The summed E-state index contributed by atoms with van der Waals surface area (Å²) in [6, 6.07) is 8.25. The zero-order valence-corrected chi connectivity index (χ0v) is 19.0. The minimum atomic E-state index is -1.08. The maximum absolute atomic E-state index is 14.0. The molecule has 0 bridgehead atoms. The first-order valence-electron chi connectivity index (χ1n) is 10.3. The molecule has 2 rings (SSSR count). The Kier molecular flexibility index (Phi) is 7.30. The molecule has 0 aliphatic carbocycles. The lowest BCUT2D eigenvalue weighted by molar-refractivity contribution is -0.0211. The second-order valence-electron chi connectivity index (χ2n) is 10.0. The lowest BCUT2D eigenvalue weighted by Crippen LogP contribution is -2.41. The van der Waals surface area contributed by atoms with Crippen molar-refractivity contribution in [3.05, 3.63) is 65.4 Å². The number of hydrogen-bond donors (Lipinski definition) is 2. The van der Waals surface area contributed by atoms with Crippen LogP contribution >= 0.6 is 0 Å². The number of ether oxygens (including phenoxy) is 1. The molecule has 4 nitrogen and oxygen atoms in total. The normalized spacial score (nSPS) is 15.0. The van der Waals surface area contributed by atoms with Crippen LogP contribution in [0.25, 0.3) is 6.08 Å². The van der Waals surface area contributed by atoms with Gasteiger partial charge in [-0.15, -0.1) is 0 Å². The van der Waals surface area contributed by atoms with Crippen LogP contribution in [0.4, 0.5) is 4.39 Å². The maximum Gasteiger partial charge on any atom is 0.123 e. The Hall–Kier alpha value is -2.40. The Balaban J connectivity index is 2.38. The van der Waals surface area contributed by atoms with Crippen molar-refractivity contribution in [1.82, 2.24) is 4.98 Å². The Morgan fingerprint density at radius 3 is 2.30 bits per heavy atom. The van der Waals surface area contributed by atoms with Gasteiger partial charge in [0.05, 0.1) is 12.7 Å². The molecule has 0 spiro atoms. The fourth-order valence-electron chi connectivity index (χ4n) is 4.41. The summed E-state index contributed by atoms with van der Waals surface area (Å²) in [6.07, 6.45) is 6.55. The maximum atomic E-state index is 14.0. The van der Waals surface area contributed by atoms with Gasteiger partial charge in [-0.25, -0.2) is 4.39 Å². The van der Waals surface area contributed by atoms with Gasteiger partial charge in [-0.3, -0.25) is 4.98 Å². The van der Waals surface area contributed by atoms with Gasteiger partial charge in [-0.05, 0) is 65.6 Å². The van der Waals surface area contributed by atoms with Crippen molar-refractivity contribution < 1.29 is 14.2 Å². The first kappa shape index (κ1) is 23.9. The molecule has 0 radical (unpaired) electrons. The van der Waals surface area contributed by atoms with Gasteiger partial charge in [0.2, 0.25) is 0 Å². The molecule has 0 fully saturated rings. The zero-order chi connectivity index (χ0) is 22.6. The molecule has 0 aliphatic heterocycles. The van der Waals surface area contributed by atoms with E-state index in [4.69, 9.17) is 10.5 Å². The van der Waals surface area contributed by atoms with Crippen LogP contribution in [0.2, 0.25) is 0 Å². The van der Waals surface area contributed by atoms with Crippen molar-refractivity contribution in [2.75, 3.05) is 7.11 Å². The lowest BCUT2D eigenvalue weighted by Gasteiger charge is -2.41. The van der Waals surface area contributed by atoms with Crippen LogP contribution in [0, 0.1) is 11.2 Å². The van der Waals surface area contributed by atoms with Crippen LogP contribution < -0.4 is 10.5 Å². The molecule has 0 amide bonds. The molecule has 0 saturated carbocycles. The van der Waals surface area contributed by atoms with Gasteiger partial charge >= 0.3 is 0 Å². The van der Waals surface area contributed by atoms with E-state index in [2.05, 4.69) is 25.8 Å². The Bertz CT molecular complexity index is 872. The van der Waals surface area contributed by atoms with E-state index in [9.17, 15) is 9.50 Å². The van der Waals surface area contributed by atoms with Gasteiger partial charge in [0.15, 0.2) is 0 Å². The third kappa shape index (κ3) is 6.84. The summed E-state index contributed by atoms with van der Waals surface area (Å²) in [7, 11) is 1.57. The van der Waals surface area contributed by atoms with E-state index < -0.39 is 11.0 Å². The summed E-state index contributed by atoms with van der Waals surface area (Å²) in [4.78, 5) is 4.02. The van der Waals surface area contributed by atoms with Gasteiger partial charge in [-0.1, -0.05) is 34.6 Å². The number of nitrogens with two attached hydrogens (primary N) is 1. The van der Waals surface area contributed by atoms with E-state index in [1.165, 1.54) is 12.1 Å². The highest BCUT2D eigenvalue weighted by Gasteiger charge is 2.40. The van der Waals surface area contributed by atoms with Crippen LogP contribution in [0.5, 0.6) is 5.75 Å². The fourth-order valence-corrected chi connectivity index (χ4v) is 4.41. The third-order valence-electron chi connectivity index (χ3n) is 5.11. The Morgan fingerprint density at radius 1 is 1.10 bits per heavy atom. The lowest BCUT2D eigenvalue weighted by atomic mass is 9.69. The van der Waals surface area contributed by atoms with Crippen LogP contribution in [0.3, 0.4) is 0 Å². The quantitative estimate of drug-likeness (QED) is 0.602. The number of methoxy groups -OCH3 is 1. The summed E-state index contributed by atoms with van der Waals surface area (Å²) in [5.74, 6) is 0.287. The zero-order valence-electron chi connectivity index (χ0n) is 19.0. The van der Waals surface area contributed by atoms with Crippen LogP contribution in [0.15, 0.2) is 48.4 Å². The number of halogens is 1. The van der Waals surface area contributed by atoms with E-state index in [0.29, 0.717) is 30.7 Å². The van der Waals surface area contributed by atoms with Crippen LogP contribution in [-0.4, -0.2) is 22.8 Å². The molecule has 3 N–H and O–H groups in total. The number of benzene rings is 1. The topological polar surface area (TPSA) is 68.4 Å². The van der Waals surface area contributed by atoms with E-state index >= 15 is 0 Å². The summed E-state index contributed by atoms with van der Waals surface area (Å²) in [5, 5.41) is 11.8. The molecule has 1 aromatic carbocycles. The third-order valence-corrected chi connectivity index (χ3v) is 5.11. The Labute approximate surface area is 180 Å². The molecule has 1 unspecified atom stereocenters. The molecule has 1 aromatic heterocycles. The number of pyridine rings is 1. The highest BCUT2D eigenvalue weighted by Crippen LogP contribution is 2.43. The summed E-state index contributed by atoms with van der Waals surface area (Å²) in [6.45, 7) is 10.3. The molecule has 0 aliphatic rings. The number of hydrogen-bond acceptors (Lipinski definition) is 4. The van der Waals surface area contributed by atoms with Crippen molar-refractivity contribution in [3.8, 4) is 5.75 Å². The monoisotopic (exact) mass is 414 g/mol. The summed E-state index contributed by atoms with van der Waals surface area (Å²) < 4.78 is 19.5. The first-order chi connectivity index (χ1) is 13.8. The highest BCUT2D eigenvalue weighted by atomic mass is 19.1. The number of aliphatic hydroxyl groups is 1. The minimum Gasteiger partial charge on any atom is -0.496 e. The predicted molar refractivity (Wildman–Crippen MR) is 121 cm³/mol. The minimum absolute atomic E-state index is 0.117. The van der Waals surface area contributed by atoms with Gasteiger partial charge in [0, 0.05) is 30.1 Å². The molecule has 164 valence electrons. The molecule has 5 heteroatoms. The molecule has 1 atom stereocenters. The highest BCUT2D eigenvalue weighted by molar-refractivity contribution is 5.51. The smallest absolute Gasteiger partial charge is 0.123 e. The van der Waals surface area contributed by atoms with E-state index in [0.717, 1.165) is 11.1 Å². The van der Waals surface area contributed by atoms with Crippen molar-refractivity contribution >= 4 is 6.08 Å². The van der Waals surface area contributed by atoms with Gasteiger partial charge in [-0.2, -0.15) is 0 Å². The standard InChI is InChI=1S/C25H35FN2O2/c1-23(2,3)16-25(29,15-20(27)13-18-9-11-28-12-10-18)17-24(4,5)21-14-19(26)7-8-22(21)30-6/h7-14,29H,15-17,27H2,1-6H3/b20-13-. The SMILES string of the molecule is COc1ccc(F)cc1C(C)(C)CC(O)(C/C(N)=C/c1ccncc1)CC(C)(C)C. The number of nitrogens with zero attached hydrogens (tertiary/aromatic N) is 1. The molecule has 2 aromatic rings. The molecular weight excluding hydrogens is 379 g/mol. The first-order valence-corrected chi connectivity index (χ1v) is 10.3. The van der Waals surface area contributed by atoms with Gasteiger partial charge in [0.1, 0.15) is 11.6 Å². The van der Waals surface area contributed by atoms with Gasteiger partial charge < -0.3 is 15.6 Å². The number of rotatable bonds is 8. The Morgan fingerprint density at radius 2 is 1.73 bits per heavy atom. The van der Waals surface area contributed by atoms with E-state index in [-0.39, 0.29) is 11.2 Å². The van der Waals surface area contributed by atoms with E-state index in [1.54, 1.807) is 25.6 Å². The average molecular weight is 415 g/mol. The van der Waals surface area contributed by atoms with Crippen LogP contribution in [-0.2, 0) is 5.41 Å². The van der Waals surface area contributed by atoms with Crippen molar-refractivity contribution in [1.29, 1.82) is 0 Å². The van der Waals surface area contributed by atoms with E-state index in [1.807, 2.05) is 32.1 Å². The molecule has 0 saturated heterocycles. The van der Waals surface area contributed by atoms with Crippen LogP contribution in [0.1, 0.15) is 65.0 Å². The summed E-state index contributed by atoms with van der Waals surface area (Å²) in [5.41, 5.74) is 6.87. The fraction of sp³-hybridized carbons (Fsp3) is 0.480. The second kappa shape index (κ2) is 9.17. The largest absolute Gasteiger partial charge is 0.496 e. The predicted octanol–water partition coefficient (Wildman–Crippen LogP) is 5.45. The number of aromatic nitrogens is 1. The van der Waals surface area contributed by atoms with Gasteiger partial charge in [0.25, 0.3) is 0 Å². The second-order valence-corrected chi connectivity index (χ2v) is 10.0. The summed E-state index contributed by atoms with van der Waals surface area (Å²) >= 11 is 0. The molecular formula is C25H35FN2O2.